The number of halogens is 2. The number of fused-ring (bicyclic) bond motifs is 1. The Hall–Kier alpha value is -3.94. The normalized spacial score (nSPS) is 13.3. The Bertz CT molecular complexity index is 1380. The molecular weight excluding hydrogens is 464 g/mol. The number of aromatic nitrogens is 2. The molecular formula is C28H29F2N3O3. The number of nitrogens with zero attached hydrogens (tertiary/aromatic N) is 2. The maximum absolute atomic E-state index is 14.3. The van der Waals surface area contributed by atoms with Crippen LogP contribution in [0, 0.1) is 17.0 Å². The summed E-state index contributed by atoms with van der Waals surface area (Å²) in [6.45, 7) is 7.27. The summed E-state index contributed by atoms with van der Waals surface area (Å²) in [5, 5.41) is 8.21. The zero-order valence-electron chi connectivity index (χ0n) is 20.9. The van der Waals surface area contributed by atoms with Crippen molar-refractivity contribution in [3.63, 3.8) is 0 Å². The van der Waals surface area contributed by atoms with Crippen molar-refractivity contribution in [2.45, 2.75) is 39.8 Å². The number of carbonyl (C=O) groups is 1. The van der Waals surface area contributed by atoms with Gasteiger partial charge in [-0.2, -0.15) is 5.10 Å². The molecule has 4 aromatic rings. The Labute approximate surface area is 208 Å². The van der Waals surface area contributed by atoms with Crippen LogP contribution in [0.5, 0.6) is 11.5 Å². The van der Waals surface area contributed by atoms with Gasteiger partial charge in [0.05, 0.1) is 30.6 Å². The molecule has 8 heteroatoms. The number of hydrogen-bond acceptors (Lipinski definition) is 4. The van der Waals surface area contributed by atoms with E-state index >= 15 is 0 Å². The van der Waals surface area contributed by atoms with Crippen molar-refractivity contribution in [3.05, 3.63) is 84.1 Å². The lowest BCUT2D eigenvalue weighted by Crippen LogP contribution is -2.44. The molecule has 6 nitrogen and oxygen atoms in total. The lowest BCUT2D eigenvalue weighted by atomic mass is 9.94. The van der Waals surface area contributed by atoms with Gasteiger partial charge in [0, 0.05) is 16.4 Å². The van der Waals surface area contributed by atoms with Crippen LogP contribution < -0.4 is 14.8 Å². The molecule has 1 N–H and O–H groups in total. The van der Waals surface area contributed by atoms with E-state index in [9.17, 15) is 13.6 Å². The van der Waals surface area contributed by atoms with Gasteiger partial charge in [-0.15, -0.1) is 0 Å². The van der Waals surface area contributed by atoms with Crippen LogP contribution in [0.2, 0.25) is 0 Å². The first-order valence-corrected chi connectivity index (χ1v) is 11.6. The standard InChI is InChI=1S/C28H29F2N3O3/c1-17(32-27(34)28(2,3)4)26(23-15-20(30)8-13-25(23)35-5)36-22-11-12-24-18(14-22)16-31-33(24)21-9-6-19(29)7-10-21/h6-17,26H,1-5H3,(H,32,34)/t17-,26+/m0/s1. The van der Waals surface area contributed by atoms with Crippen molar-refractivity contribution in [2.75, 3.05) is 7.11 Å². The molecule has 0 radical (unpaired) electrons. The number of hydrogen-bond donors (Lipinski definition) is 1. The Morgan fingerprint density at radius 1 is 1.00 bits per heavy atom. The van der Waals surface area contributed by atoms with Crippen molar-refractivity contribution in [1.29, 1.82) is 0 Å². The van der Waals surface area contributed by atoms with Gasteiger partial charge in [-0.05, 0) is 67.6 Å². The van der Waals surface area contributed by atoms with Crippen molar-refractivity contribution in [2.24, 2.45) is 5.41 Å². The number of rotatable bonds is 7. The fourth-order valence-electron chi connectivity index (χ4n) is 3.88. The van der Waals surface area contributed by atoms with Crippen molar-refractivity contribution >= 4 is 16.8 Å². The van der Waals surface area contributed by atoms with Crippen LogP contribution in [-0.4, -0.2) is 28.8 Å². The molecule has 0 saturated carbocycles. The number of nitrogens with one attached hydrogen (secondary N) is 1. The third kappa shape index (κ3) is 5.32. The third-order valence-electron chi connectivity index (χ3n) is 5.87. The molecule has 0 unspecified atom stereocenters. The molecule has 36 heavy (non-hydrogen) atoms. The summed E-state index contributed by atoms with van der Waals surface area (Å²) in [6, 6.07) is 15.2. The highest BCUT2D eigenvalue weighted by Gasteiger charge is 2.30. The molecule has 0 fully saturated rings. The largest absolute Gasteiger partial charge is 0.496 e. The minimum atomic E-state index is -0.744. The highest BCUT2D eigenvalue weighted by Crippen LogP contribution is 2.34. The van der Waals surface area contributed by atoms with E-state index in [1.54, 1.807) is 29.1 Å². The number of methoxy groups -OCH3 is 1. The van der Waals surface area contributed by atoms with Gasteiger partial charge >= 0.3 is 0 Å². The maximum Gasteiger partial charge on any atom is 0.225 e. The summed E-state index contributed by atoms with van der Waals surface area (Å²) in [5.41, 5.74) is 1.39. The van der Waals surface area contributed by atoms with Gasteiger partial charge in [-0.3, -0.25) is 4.79 Å². The third-order valence-corrected chi connectivity index (χ3v) is 5.87. The predicted molar refractivity (Wildman–Crippen MR) is 134 cm³/mol. The Morgan fingerprint density at radius 2 is 1.69 bits per heavy atom. The molecule has 3 aromatic carbocycles. The van der Waals surface area contributed by atoms with Crippen LogP contribution in [0.3, 0.4) is 0 Å². The molecule has 0 spiro atoms. The van der Waals surface area contributed by atoms with Crippen molar-refractivity contribution in [3.8, 4) is 17.2 Å². The fourth-order valence-corrected chi connectivity index (χ4v) is 3.88. The van der Waals surface area contributed by atoms with Gasteiger partial charge in [0.2, 0.25) is 5.91 Å². The highest BCUT2D eigenvalue weighted by atomic mass is 19.1. The molecule has 1 heterocycles. The van der Waals surface area contributed by atoms with Crippen LogP contribution >= 0.6 is 0 Å². The summed E-state index contributed by atoms with van der Waals surface area (Å²) in [6.07, 6.45) is 0.945. The average Bonchev–Trinajstić information content (AvgIpc) is 3.25. The zero-order chi connectivity index (χ0) is 26.0. The van der Waals surface area contributed by atoms with Crippen LogP contribution in [0.15, 0.2) is 66.9 Å². The number of benzene rings is 3. The first kappa shape index (κ1) is 25.2. The van der Waals surface area contributed by atoms with E-state index < -0.39 is 23.4 Å². The Kier molecular flexibility index (Phi) is 6.97. The SMILES string of the molecule is COc1ccc(F)cc1[C@H](Oc1ccc2c(cnn2-c2ccc(F)cc2)c1)[C@H](C)NC(=O)C(C)(C)C. The maximum atomic E-state index is 14.3. The van der Waals surface area contributed by atoms with E-state index in [-0.39, 0.29) is 11.7 Å². The second-order valence-electron chi connectivity index (χ2n) is 9.69. The second kappa shape index (κ2) is 9.97. The summed E-state index contributed by atoms with van der Waals surface area (Å²) < 4.78 is 41.1. The number of ether oxygens (including phenoxy) is 2. The molecule has 4 rings (SSSR count). The molecule has 0 aliphatic heterocycles. The van der Waals surface area contributed by atoms with E-state index in [0.29, 0.717) is 17.1 Å². The van der Waals surface area contributed by atoms with E-state index in [1.807, 2.05) is 39.8 Å². The van der Waals surface area contributed by atoms with Gasteiger partial charge in [-0.1, -0.05) is 20.8 Å². The van der Waals surface area contributed by atoms with Crippen molar-refractivity contribution in [1.82, 2.24) is 15.1 Å². The van der Waals surface area contributed by atoms with Crippen LogP contribution in [-0.2, 0) is 4.79 Å². The lowest BCUT2D eigenvalue weighted by molar-refractivity contribution is -0.129. The van der Waals surface area contributed by atoms with E-state index in [0.717, 1.165) is 16.6 Å². The summed E-state index contributed by atoms with van der Waals surface area (Å²) in [4.78, 5) is 12.7. The molecule has 2 atom stereocenters. The van der Waals surface area contributed by atoms with Gasteiger partial charge in [0.25, 0.3) is 0 Å². The topological polar surface area (TPSA) is 65.4 Å². The Balaban J connectivity index is 1.70. The van der Waals surface area contributed by atoms with Gasteiger partial charge in [0.15, 0.2) is 0 Å². The van der Waals surface area contributed by atoms with Gasteiger partial charge in [-0.25, -0.2) is 13.5 Å². The second-order valence-corrected chi connectivity index (χ2v) is 9.69. The molecule has 1 aromatic heterocycles. The van der Waals surface area contributed by atoms with E-state index in [1.165, 1.54) is 37.4 Å². The van der Waals surface area contributed by atoms with E-state index in [4.69, 9.17) is 9.47 Å². The molecule has 0 bridgehead atoms. The number of carbonyl (C=O) groups excluding carboxylic acids is 1. The van der Waals surface area contributed by atoms with Gasteiger partial charge < -0.3 is 14.8 Å². The van der Waals surface area contributed by atoms with Gasteiger partial charge in [0.1, 0.15) is 29.2 Å². The van der Waals surface area contributed by atoms with E-state index in [2.05, 4.69) is 10.4 Å². The first-order valence-electron chi connectivity index (χ1n) is 11.6. The van der Waals surface area contributed by atoms with Crippen molar-refractivity contribution < 1.29 is 23.0 Å². The summed E-state index contributed by atoms with van der Waals surface area (Å²) in [5.74, 6) is 0.0370. The average molecular weight is 494 g/mol. The minimum absolute atomic E-state index is 0.157. The quantitative estimate of drug-likeness (QED) is 0.344. The molecule has 0 aliphatic carbocycles. The molecule has 1 amide bonds. The number of amides is 1. The minimum Gasteiger partial charge on any atom is -0.496 e. The first-order chi connectivity index (χ1) is 17.1. The summed E-state index contributed by atoms with van der Waals surface area (Å²) in [7, 11) is 1.50. The lowest BCUT2D eigenvalue weighted by Gasteiger charge is -2.30. The summed E-state index contributed by atoms with van der Waals surface area (Å²) >= 11 is 0. The fraction of sp³-hybridized carbons (Fsp3) is 0.286. The van der Waals surface area contributed by atoms with Crippen LogP contribution in [0.1, 0.15) is 39.4 Å². The zero-order valence-corrected chi connectivity index (χ0v) is 20.9. The molecule has 188 valence electrons. The molecule has 0 saturated heterocycles. The molecule has 0 aliphatic rings. The monoisotopic (exact) mass is 493 g/mol. The van der Waals surface area contributed by atoms with Crippen LogP contribution in [0.25, 0.3) is 16.6 Å². The van der Waals surface area contributed by atoms with Crippen LogP contribution in [0.4, 0.5) is 8.78 Å². The highest BCUT2D eigenvalue weighted by molar-refractivity contribution is 5.82. The predicted octanol–water partition coefficient (Wildman–Crippen LogP) is 5.98. The smallest absolute Gasteiger partial charge is 0.225 e. The Morgan fingerprint density at radius 3 is 2.36 bits per heavy atom.